The maximum Gasteiger partial charge on any atom is 0.240 e. The zero-order valence-corrected chi connectivity index (χ0v) is 11.9. The van der Waals surface area contributed by atoms with Crippen molar-refractivity contribution in [2.45, 2.75) is 11.8 Å². The number of halogens is 2. The minimum atomic E-state index is -3.70. The van der Waals surface area contributed by atoms with E-state index in [1.165, 1.54) is 0 Å². The molecule has 0 saturated carbocycles. The molecule has 106 valence electrons. The molecule has 8 heteroatoms. The average molecular weight is 308 g/mol. The van der Waals surface area contributed by atoms with Crippen LogP contribution >= 0.6 is 12.4 Å². The summed E-state index contributed by atoms with van der Waals surface area (Å²) < 4.78 is 39.0. The Balaban J connectivity index is 0.00000324. The van der Waals surface area contributed by atoms with Gasteiger partial charge in [-0.3, -0.25) is 0 Å². The van der Waals surface area contributed by atoms with Crippen LogP contribution in [0.3, 0.4) is 0 Å². The van der Waals surface area contributed by atoms with Crippen molar-refractivity contribution < 1.29 is 12.8 Å². The SMILES string of the molecule is CCNCCNS(=O)(=O)c1ccc(F)c(C#N)c1.Cl. The van der Waals surface area contributed by atoms with E-state index in [9.17, 15) is 12.8 Å². The number of rotatable bonds is 6. The predicted molar refractivity (Wildman–Crippen MR) is 72.1 cm³/mol. The molecule has 0 aliphatic carbocycles. The summed E-state index contributed by atoms with van der Waals surface area (Å²) in [7, 11) is -3.70. The van der Waals surface area contributed by atoms with Gasteiger partial charge in [-0.05, 0) is 24.7 Å². The normalized spacial score (nSPS) is 10.6. The number of nitriles is 1. The Morgan fingerprint density at radius 2 is 2.05 bits per heavy atom. The first-order valence-electron chi connectivity index (χ1n) is 5.41. The molecule has 0 heterocycles. The molecule has 0 unspecified atom stereocenters. The molecule has 0 saturated heterocycles. The first-order valence-corrected chi connectivity index (χ1v) is 6.89. The third kappa shape index (κ3) is 5.12. The first kappa shape index (κ1) is 17.8. The van der Waals surface area contributed by atoms with E-state index in [-0.39, 0.29) is 29.4 Å². The second kappa shape index (κ2) is 8.07. The number of nitrogens with zero attached hydrogens (tertiary/aromatic N) is 1. The minimum absolute atomic E-state index is 0. The number of hydrogen-bond donors (Lipinski definition) is 2. The molecular formula is C11H15ClFN3O2S. The molecule has 0 bridgehead atoms. The highest BCUT2D eigenvalue weighted by Gasteiger charge is 2.15. The highest BCUT2D eigenvalue weighted by Crippen LogP contribution is 2.13. The van der Waals surface area contributed by atoms with Crippen molar-refractivity contribution in [3.8, 4) is 6.07 Å². The molecule has 2 N–H and O–H groups in total. The lowest BCUT2D eigenvalue weighted by molar-refractivity contribution is 0.576. The zero-order valence-electron chi connectivity index (χ0n) is 10.3. The van der Waals surface area contributed by atoms with Crippen LogP contribution in [0.2, 0.25) is 0 Å². The Morgan fingerprint density at radius 1 is 1.37 bits per heavy atom. The summed E-state index contributed by atoms with van der Waals surface area (Å²) >= 11 is 0. The van der Waals surface area contributed by atoms with E-state index in [0.29, 0.717) is 6.54 Å². The van der Waals surface area contributed by atoms with E-state index in [1.54, 1.807) is 6.07 Å². The van der Waals surface area contributed by atoms with Gasteiger partial charge >= 0.3 is 0 Å². The summed E-state index contributed by atoms with van der Waals surface area (Å²) in [5.41, 5.74) is -0.287. The third-order valence-electron chi connectivity index (χ3n) is 2.21. The van der Waals surface area contributed by atoms with Crippen LogP contribution in [0.4, 0.5) is 4.39 Å². The smallest absolute Gasteiger partial charge is 0.240 e. The topological polar surface area (TPSA) is 82.0 Å². The molecular weight excluding hydrogens is 293 g/mol. The molecule has 0 fully saturated rings. The van der Waals surface area contributed by atoms with E-state index in [4.69, 9.17) is 5.26 Å². The molecule has 1 aromatic carbocycles. The van der Waals surface area contributed by atoms with Gasteiger partial charge in [0.25, 0.3) is 0 Å². The fraction of sp³-hybridized carbons (Fsp3) is 0.364. The summed E-state index contributed by atoms with van der Waals surface area (Å²) in [5, 5.41) is 11.6. The number of nitrogens with one attached hydrogen (secondary N) is 2. The third-order valence-corrected chi connectivity index (χ3v) is 3.67. The summed E-state index contributed by atoms with van der Waals surface area (Å²) in [6, 6.07) is 4.72. The molecule has 0 aliphatic rings. The van der Waals surface area contributed by atoms with Gasteiger partial charge in [0, 0.05) is 13.1 Å². The summed E-state index contributed by atoms with van der Waals surface area (Å²) in [5.74, 6) is -0.732. The van der Waals surface area contributed by atoms with E-state index in [1.807, 2.05) is 6.92 Å². The van der Waals surface area contributed by atoms with Crippen molar-refractivity contribution in [3.05, 3.63) is 29.6 Å². The summed E-state index contributed by atoms with van der Waals surface area (Å²) in [6.07, 6.45) is 0. The molecule has 0 amide bonds. The van der Waals surface area contributed by atoms with Gasteiger partial charge in [-0.25, -0.2) is 17.5 Å². The van der Waals surface area contributed by atoms with E-state index < -0.39 is 15.8 Å². The molecule has 0 atom stereocenters. The molecule has 0 radical (unpaired) electrons. The lowest BCUT2D eigenvalue weighted by Gasteiger charge is -2.07. The van der Waals surface area contributed by atoms with Crippen molar-refractivity contribution in [2.75, 3.05) is 19.6 Å². The number of sulfonamides is 1. The maximum absolute atomic E-state index is 13.1. The Bertz CT molecular complexity index is 558. The van der Waals surface area contributed by atoms with Crippen LogP contribution in [-0.4, -0.2) is 28.1 Å². The molecule has 1 rings (SSSR count). The standard InChI is InChI=1S/C11H14FN3O2S.ClH/c1-2-14-5-6-15-18(16,17)10-3-4-11(12)9(7-10)8-13;/h3-4,7,14-15H,2,5-6H2,1H3;1H. The van der Waals surface area contributed by atoms with E-state index in [2.05, 4.69) is 10.0 Å². The molecule has 19 heavy (non-hydrogen) atoms. The van der Waals surface area contributed by atoms with Crippen molar-refractivity contribution in [1.29, 1.82) is 5.26 Å². The highest BCUT2D eigenvalue weighted by molar-refractivity contribution is 7.89. The molecule has 0 aliphatic heterocycles. The van der Waals surface area contributed by atoms with Gasteiger partial charge in [0.15, 0.2) is 0 Å². The van der Waals surface area contributed by atoms with Crippen molar-refractivity contribution in [2.24, 2.45) is 0 Å². The van der Waals surface area contributed by atoms with Crippen molar-refractivity contribution in [3.63, 3.8) is 0 Å². The Morgan fingerprint density at radius 3 is 2.63 bits per heavy atom. The van der Waals surface area contributed by atoms with Crippen LogP contribution in [0.1, 0.15) is 12.5 Å². The quantitative estimate of drug-likeness (QED) is 0.768. The molecule has 1 aromatic rings. The molecule has 0 aromatic heterocycles. The second-order valence-corrected chi connectivity index (χ2v) is 5.27. The molecule has 0 spiro atoms. The summed E-state index contributed by atoms with van der Waals surface area (Å²) in [6.45, 7) is 3.39. The van der Waals surface area contributed by atoms with E-state index in [0.717, 1.165) is 24.7 Å². The number of benzene rings is 1. The average Bonchev–Trinajstić information content (AvgIpc) is 2.35. The Hall–Kier alpha value is -1.20. The van der Waals surface area contributed by atoms with Crippen molar-refractivity contribution in [1.82, 2.24) is 10.0 Å². The van der Waals surface area contributed by atoms with Crippen LogP contribution in [0, 0.1) is 17.1 Å². The highest BCUT2D eigenvalue weighted by atomic mass is 35.5. The zero-order chi connectivity index (χ0) is 13.6. The monoisotopic (exact) mass is 307 g/mol. The van der Waals surface area contributed by atoms with Crippen LogP contribution in [0.5, 0.6) is 0 Å². The van der Waals surface area contributed by atoms with Crippen molar-refractivity contribution >= 4 is 22.4 Å². The van der Waals surface area contributed by atoms with Gasteiger partial charge in [-0.2, -0.15) is 5.26 Å². The predicted octanol–water partition coefficient (Wildman–Crippen LogP) is 1.01. The van der Waals surface area contributed by atoms with Gasteiger partial charge in [-0.15, -0.1) is 12.4 Å². The van der Waals surface area contributed by atoms with Crippen LogP contribution in [0.15, 0.2) is 23.1 Å². The van der Waals surface area contributed by atoms with Gasteiger partial charge in [0.2, 0.25) is 10.0 Å². The Labute approximate surface area is 118 Å². The van der Waals surface area contributed by atoms with Gasteiger partial charge in [0.05, 0.1) is 10.5 Å². The molecule has 5 nitrogen and oxygen atoms in total. The second-order valence-electron chi connectivity index (χ2n) is 3.50. The largest absolute Gasteiger partial charge is 0.316 e. The lowest BCUT2D eigenvalue weighted by atomic mass is 10.2. The minimum Gasteiger partial charge on any atom is -0.316 e. The van der Waals surface area contributed by atoms with Crippen LogP contribution < -0.4 is 10.0 Å². The van der Waals surface area contributed by atoms with Crippen LogP contribution in [-0.2, 0) is 10.0 Å². The van der Waals surface area contributed by atoms with Gasteiger partial charge in [-0.1, -0.05) is 6.92 Å². The van der Waals surface area contributed by atoms with Gasteiger partial charge < -0.3 is 5.32 Å². The van der Waals surface area contributed by atoms with Crippen LogP contribution in [0.25, 0.3) is 0 Å². The summed E-state index contributed by atoms with van der Waals surface area (Å²) in [4.78, 5) is -0.114. The fourth-order valence-electron chi connectivity index (χ4n) is 1.29. The lowest BCUT2D eigenvalue weighted by Crippen LogP contribution is -2.31. The van der Waals surface area contributed by atoms with E-state index >= 15 is 0 Å². The number of hydrogen-bond acceptors (Lipinski definition) is 4. The number of likely N-dealkylation sites (N-methyl/N-ethyl adjacent to an activating group) is 1. The first-order chi connectivity index (χ1) is 8.51. The maximum atomic E-state index is 13.1. The van der Waals surface area contributed by atoms with Gasteiger partial charge in [0.1, 0.15) is 11.9 Å². The fourth-order valence-corrected chi connectivity index (χ4v) is 2.35. The Kier molecular flexibility index (Phi) is 7.56.